The van der Waals surface area contributed by atoms with E-state index in [1.165, 1.54) is 6.42 Å². The summed E-state index contributed by atoms with van der Waals surface area (Å²) in [5.74, 6) is 0.216. The number of hydrogen-bond acceptors (Lipinski definition) is 3. The van der Waals surface area contributed by atoms with Crippen LogP contribution >= 0.6 is 22.9 Å². The number of fused-ring (bicyclic) bond motifs is 1. The summed E-state index contributed by atoms with van der Waals surface area (Å²) in [5.41, 5.74) is 2.95. The summed E-state index contributed by atoms with van der Waals surface area (Å²) >= 11 is 7.54. The Kier molecular flexibility index (Phi) is 4.52. The number of thiazole rings is 1. The summed E-state index contributed by atoms with van der Waals surface area (Å²) in [6.45, 7) is 3.03. The molecule has 130 valence electrons. The number of aromatic nitrogens is 2. The first kappa shape index (κ1) is 16.6. The van der Waals surface area contributed by atoms with Crippen molar-refractivity contribution in [3.63, 3.8) is 0 Å². The van der Waals surface area contributed by atoms with Gasteiger partial charge in [-0.3, -0.25) is 9.20 Å². The average molecular weight is 374 g/mol. The quantitative estimate of drug-likeness (QED) is 0.669. The normalized spacial score (nSPS) is 18.0. The Morgan fingerprint density at radius 3 is 2.88 bits per heavy atom. The second kappa shape index (κ2) is 6.81. The summed E-state index contributed by atoms with van der Waals surface area (Å²) in [6.07, 6.45) is 5.88. The van der Waals surface area contributed by atoms with Gasteiger partial charge in [0, 0.05) is 40.4 Å². The zero-order valence-electron chi connectivity index (χ0n) is 14.1. The Bertz CT molecular complexity index is 899. The van der Waals surface area contributed by atoms with E-state index in [-0.39, 0.29) is 5.91 Å². The molecule has 4 nitrogen and oxygen atoms in total. The van der Waals surface area contributed by atoms with Crippen LogP contribution < -0.4 is 0 Å². The molecular formula is C19H20ClN3OS. The van der Waals surface area contributed by atoms with Gasteiger partial charge in [0.05, 0.1) is 12.1 Å². The van der Waals surface area contributed by atoms with E-state index in [9.17, 15) is 4.79 Å². The highest BCUT2D eigenvalue weighted by Crippen LogP contribution is 2.26. The van der Waals surface area contributed by atoms with E-state index in [1.807, 2.05) is 45.1 Å². The number of benzene rings is 1. The molecule has 0 radical (unpaired) electrons. The molecule has 0 saturated carbocycles. The lowest BCUT2D eigenvalue weighted by Crippen LogP contribution is -2.42. The van der Waals surface area contributed by atoms with Gasteiger partial charge in [0.25, 0.3) is 0 Å². The van der Waals surface area contributed by atoms with Crippen molar-refractivity contribution in [2.24, 2.45) is 0 Å². The average Bonchev–Trinajstić information content (AvgIpc) is 3.18. The van der Waals surface area contributed by atoms with E-state index in [1.54, 1.807) is 11.3 Å². The third-order valence-corrected chi connectivity index (χ3v) is 6.02. The van der Waals surface area contributed by atoms with Crippen molar-refractivity contribution in [2.45, 2.75) is 38.6 Å². The lowest BCUT2D eigenvalue weighted by Gasteiger charge is -2.33. The van der Waals surface area contributed by atoms with Crippen molar-refractivity contribution in [3.8, 4) is 11.3 Å². The standard InChI is InChI=1S/C19H20ClN3OS/c1-13-4-2-3-9-22(13)18(24)10-16-12-25-19-21-17(11-23(16)19)14-5-7-15(20)8-6-14/h5-8,11-13H,2-4,9-10H2,1H3/t13-/m1/s1. The minimum Gasteiger partial charge on any atom is -0.340 e. The summed E-state index contributed by atoms with van der Waals surface area (Å²) in [4.78, 5) is 20.3. The van der Waals surface area contributed by atoms with Crippen LogP contribution in [0.15, 0.2) is 35.8 Å². The number of rotatable bonds is 3. The van der Waals surface area contributed by atoms with Gasteiger partial charge in [0.1, 0.15) is 0 Å². The first-order chi connectivity index (χ1) is 12.1. The van der Waals surface area contributed by atoms with Crippen LogP contribution in [0.4, 0.5) is 0 Å². The summed E-state index contributed by atoms with van der Waals surface area (Å²) in [7, 11) is 0. The van der Waals surface area contributed by atoms with Crippen LogP contribution in [0.3, 0.4) is 0 Å². The fourth-order valence-electron chi connectivity index (χ4n) is 3.44. The highest BCUT2D eigenvalue weighted by molar-refractivity contribution is 7.15. The Morgan fingerprint density at radius 1 is 1.32 bits per heavy atom. The number of nitrogens with zero attached hydrogens (tertiary/aromatic N) is 3. The monoisotopic (exact) mass is 373 g/mol. The largest absolute Gasteiger partial charge is 0.340 e. The number of imidazole rings is 1. The molecule has 1 aliphatic rings. The van der Waals surface area contributed by atoms with Gasteiger partial charge in [0.15, 0.2) is 4.96 Å². The number of halogens is 1. The van der Waals surface area contributed by atoms with Crippen LogP contribution in [0.1, 0.15) is 31.9 Å². The van der Waals surface area contributed by atoms with Crippen molar-refractivity contribution < 1.29 is 4.79 Å². The highest BCUT2D eigenvalue weighted by atomic mass is 35.5. The van der Waals surface area contributed by atoms with E-state index in [4.69, 9.17) is 11.6 Å². The molecule has 3 aromatic rings. The second-order valence-corrected chi connectivity index (χ2v) is 7.89. The highest BCUT2D eigenvalue weighted by Gasteiger charge is 2.24. The molecule has 0 spiro atoms. The van der Waals surface area contributed by atoms with Crippen LogP contribution in [0, 0.1) is 0 Å². The van der Waals surface area contributed by atoms with E-state index >= 15 is 0 Å². The maximum absolute atomic E-state index is 12.7. The number of carbonyl (C=O) groups excluding carboxylic acids is 1. The zero-order valence-corrected chi connectivity index (χ0v) is 15.7. The maximum atomic E-state index is 12.7. The molecule has 25 heavy (non-hydrogen) atoms. The van der Waals surface area contributed by atoms with Gasteiger partial charge >= 0.3 is 0 Å². The summed E-state index contributed by atoms with van der Waals surface area (Å²) < 4.78 is 2.04. The van der Waals surface area contributed by atoms with Gasteiger partial charge in [-0.1, -0.05) is 23.7 Å². The predicted molar refractivity (Wildman–Crippen MR) is 102 cm³/mol. The molecule has 2 aromatic heterocycles. The molecule has 1 amide bonds. The van der Waals surface area contributed by atoms with E-state index in [0.717, 1.165) is 41.3 Å². The molecule has 0 aliphatic carbocycles. The molecule has 1 fully saturated rings. The molecule has 6 heteroatoms. The fraction of sp³-hybridized carbons (Fsp3) is 0.368. The van der Waals surface area contributed by atoms with Crippen LogP contribution in [-0.4, -0.2) is 32.8 Å². The molecule has 3 heterocycles. The maximum Gasteiger partial charge on any atom is 0.228 e. The zero-order chi connectivity index (χ0) is 17.4. The van der Waals surface area contributed by atoms with Crippen molar-refractivity contribution in [1.29, 1.82) is 0 Å². The van der Waals surface area contributed by atoms with Crippen LogP contribution in [0.2, 0.25) is 5.02 Å². The fourth-order valence-corrected chi connectivity index (χ4v) is 4.44. The number of amides is 1. The van der Waals surface area contributed by atoms with Crippen LogP contribution in [0.25, 0.3) is 16.2 Å². The van der Waals surface area contributed by atoms with Gasteiger partial charge in [-0.2, -0.15) is 0 Å². The SMILES string of the molecule is C[C@@H]1CCCCN1C(=O)Cc1csc2nc(-c3ccc(Cl)cc3)cn12. The summed E-state index contributed by atoms with van der Waals surface area (Å²) in [6, 6.07) is 8.02. The molecule has 0 N–H and O–H groups in total. The second-order valence-electron chi connectivity index (χ2n) is 6.62. The third-order valence-electron chi connectivity index (χ3n) is 4.88. The lowest BCUT2D eigenvalue weighted by molar-refractivity contribution is -0.133. The van der Waals surface area contributed by atoms with Crippen LogP contribution in [-0.2, 0) is 11.2 Å². The Hall–Kier alpha value is -1.85. The van der Waals surface area contributed by atoms with Crippen molar-refractivity contribution in [3.05, 3.63) is 46.6 Å². The first-order valence-corrected chi connectivity index (χ1v) is 9.88. The minimum atomic E-state index is 0.216. The minimum absolute atomic E-state index is 0.216. The topological polar surface area (TPSA) is 37.6 Å². The van der Waals surface area contributed by atoms with Crippen molar-refractivity contribution >= 4 is 33.8 Å². The molecule has 1 saturated heterocycles. The Morgan fingerprint density at radius 2 is 2.12 bits per heavy atom. The molecule has 1 aromatic carbocycles. The first-order valence-electron chi connectivity index (χ1n) is 8.63. The number of piperidine rings is 1. The van der Waals surface area contributed by atoms with Gasteiger partial charge in [-0.05, 0) is 38.3 Å². The number of hydrogen-bond donors (Lipinski definition) is 0. The van der Waals surface area contributed by atoms with Gasteiger partial charge in [0.2, 0.25) is 5.91 Å². The van der Waals surface area contributed by atoms with Crippen molar-refractivity contribution in [1.82, 2.24) is 14.3 Å². The van der Waals surface area contributed by atoms with Gasteiger partial charge in [-0.25, -0.2) is 4.98 Å². The molecule has 1 aliphatic heterocycles. The van der Waals surface area contributed by atoms with E-state index in [2.05, 4.69) is 11.9 Å². The van der Waals surface area contributed by atoms with E-state index in [0.29, 0.717) is 17.5 Å². The molecule has 1 atom stereocenters. The Balaban J connectivity index is 1.58. The molecule has 0 bridgehead atoms. The van der Waals surface area contributed by atoms with Crippen molar-refractivity contribution in [2.75, 3.05) is 6.54 Å². The molecular weight excluding hydrogens is 354 g/mol. The number of carbonyl (C=O) groups is 1. The van der Waals surface area contributed by atoms with Gasteiger partial charge < -0.3 is 4.90 Å². The smallest absolute Gasteiger partial charge is 0.228 e. The van der Waals surface area contributed by atoms with Gasteiger partial charge in [-0.15, -0.1) is 11.3 Å². The lowest BCUT2D eigenvalue weighted by atomic mass is 10.0. The molecule has 4 rings (SSSR count). The van der Waals surface area contributed by atoms with E-state index < -0.39 is 0 Å². The Labute approximate surface area is 156 Å². The number of likely N-dealkylation sites (tertiary alicyclic amines) is 1. The van der Waals surface area contributed by atoms with Crippen LogP contribution in [0.5, 0.6) is 0 Å². The summed E-state index contributed by atoms with van der Waals surface area (Å²) in [5, 5.41) is 2.76. The third kappa shape index (κ3) is 3.31. The molecule has 0 unspecified atom stereocenters. The predicted octanol–water partition coefficient (Wildman–Crippen LogP) is 4.66.